The number of hydrogen-bond acceptors (Lipinski definition) is 2. The van der Waals surface area contributed by atoms with E-state index in [-0.39, 0.29) is 0 Å². The lowest BCUT2D eigenvalue weighted by Gasteiger charge is -2.13. The Labute approximate surface area is 128 Å². The van der Waals surface area contributed by atoms with Crippen LogP contribution in [0.25, 0.3) is 0 Å². The molecule has 0 bridgehead atoms. The van der Waals surface area contributed by atoms with E-state index in [1.54, 1.807) is 7.11 Å². The molecule has 2 aromatic rings. The zero-order valence-corrected chi connectivity index (χ0v) is 13.1. The summed E-state index contributed by atoms with van der Waals surface area (Å²) in [5, 5.41) is 3.65. The highest BCUT2D eigenvalue weighted by Gasteiger charge is 2.20. The van der Waals surface area contributed by atoms with Gasteiger partial charge in [0.2, 0.25) is 0 Å². The number of hydrogen-bond donors (Lipinski definition) is 1. The largest absolute Gasteiger partial charge is 0.496 e. The topological polar surface area (TPSA) is 21.3 Å². The molecule has 0 aromatic heterocycles. The molecule has 1 aliphatic carbocycles. The van der Waals surface area contributed by atoms with Crippen LogP contribution in [-0.2, 0) is 19.4 Å². The highest BCUT2D eigenvalue weighted by Crippen LogP contribution is 2.26. The second-order valence-electron chi connectivity index (χ2n) is 5.22. The second-order valence-corrected chi connectivity index (χ2v) is 6.08. The van der Waals surface area contributed by atoms with E-state index in [1.807, 2.05) is 6.07 Å². The van der Waals surface area contributed by atoms with Crippen LogP contribution in [0.5, 0.6) is 5.75 Å². The minimum Gasteiger partial charge on any atom is -0.496 e. The van der Waals surface area contributed by atoms with Crippen LogP contribution >= 0.6 is 15.9 Å². The van der Waals surface area contributed by atoms with E-state index in [4.69, 9.17) is 4.74 Å². The van der Waals surface area contributed by atoms with Crippen molar-refractivity contribution in [3.63, 3.8) is 0 Å². The maximum atomic E-state index is 5.25. The maximum Gasteiger partial charge on any atom is 0.133 e. The van der Waals surface area contributed by atoms with Crippen molar-refractivity contribution >= 4 is 15.9 Å². The van der Waals surface area contributed by atoms with Crippen LogP contribution in [0.2, 0.25) is 0 Å². The lowest BCUT2D eigenvalue weighted by Crippen LogP contribution is -2.28. The number of ether oxygens (including phenoxy) is 1. The first kappa shape index (κ1) is 13.7. The van der Waals surface area contributed by atoms with E-state index >= 15 is 0 Å². The zero-order valence-electron chi connectivity index (χ0n) is 11.5. The molecule has 0 saturated heterocycles. The lowest BCUT2D eigenvalue weighted by molar-refractivity contribution is 0.412. The molecule has 1 aliphatic rings. The predicted molar refractivity (Wildman–Crippen MR) is 85.2 cm³/mol. The summed E-state index contributed by atoms with van der Waals surface area (Å²) in [6, 6.07) is 15.5. The molecule has 20 heavy (non-hydrogen) atoms. The molecule has 3 rings (SSSR count). The van der Waals surface area contributed by atoms with Crippen molar-refractivity contribution in [1.82, 2.24) is 5.32 Å². The van der Waals surface area contributed by atoms with Gasteiger partial charge in [0.15, 0.2) is 0 Å². The number of methoxy groups -OCH3 is 1. The molecular formula is C17H18BrNO. The molecular weight excluding hydrogens is 314 g/mol. The Morgan fingerprint density at radius 2 is 1.85 bits per heavy atom. The molecule has 0 fully saturated rings. The molecule has 0 radical (unpaired) electrons. The predicted octanol–water partition coefficient (Wildman–Crippen LogP) is 3.71. The molecule has 0 amide bonds. The Kier molecular flexibility index (Phi) is 4.08. The monoisotopic (exact) mass is 331 g/mol. The van der Waals surface area contributed by atoms with Gasteiger partial charge in [-0.3, -0.25) is 0 Å². The van der Waals surface area contributed by atoms with Crippen molar-refractivity contribution in [3.05, 3.63) is 63.6 Å². The van der Waals surface area contributed by atoms with E-state index < -0.39 is 0 Å². The molecule has 0 heterocycles. The van der Waals surface area contributed by atoms with Crippen molar-refractivity contribution in [2.75, 3.05) is 7.11 Å². The normalized spacial score (nSPS) is 14.3. The average Bonchev–Trinajstić information content (AvgIpc) is 2.88. The molecule has 0 unspecified atom stereocenters. The summed E-state index contributed by atoms with van der Waals surface area (Å²) in [4.78, 5) is 0. The number of halogens is 1. The third kappa shape index (κ3) is 2.89. The molecule has 0 aliphatic heterocycles. The summed E-state index contributed by atoms with van der Waals surface area (Å²) in [5.74, 6) is 0.877. The highest BCUT2D eigenvalue weighted by atomic mass is 79.9. The number of rotatable bonds is 4. The summed E-state index contributed by atoms with van der Waals surface area (Å²) < 4.78 is 6.26. The second kappa shape index (κ2) is 5.98. The van der Waals surface area contributed by atoms with E-state index in [0.717, 1.165) is 29.6 Å². The standard InChI is InChI=1S/C17H18BrNO/c1-20-17-7-6-12(8-16(17)18)11-19-15-9-13-4-2-3-5-14(13)10-15/h2-8,15,19H,9-11H2,1H3. The minimum atomic E-state index is 0.549. The Bertz CT molecular complexity index is 587. The number of fused-ring (bicyclic) bond motifs is 1. The van der Waals surface area contributed by atoms with Crippen LogP contribution in [0.4, 0.5) is 0 Å². The van der Waals surface area contributed by atoms with E-state index in [0.29, 0.717) is 6.04 Å². The van der Waals surface area contributed by atoms with Crippen LogP contribution in [0, 0.1) is 0 Å². The van der Waals surface area contributed by atoms with Crippen molar-refractivity contribution in [3.8, 4) is 5.75 Å². The highest BCUT2D eigenvalue weighted by molar-refractivity contribution is 9.10. The van der Waals surface area contributed by atoms with Gasteiger partial charge in [0.05, 0.1) is 11.6 Å². The van der Waals surface area contributed by atoms with Crippen molar-refractivity contribution < 1.29 is 4.74 Å². The van der Waals surface area contributed by atoms with Gasteiger partial charge in [0, 0.05) is 12.6 Å². The Morgan fingerprint density at radius 1 is 1.15 bits per heavy atom. The first-order chi connectivity index (χ1) is 9.76. The molecule has 2 aromatic carbocycles. The number of nitrogens with one attached hydrogen (secondary N) is 1. The average molecular weight is 332 g/mol. The van der Waals surface area contributed by atoms with Gasteiger partial charge < -0.3 is 10.1 Å². The van der Waals surface area contributed by atoms with Crippen LogP contribution < -0.4 is 10.1 Å². The summed E-state index contributed by atoms with van der Waals surface area (Å²) >= 11 is 3.53. The third-order valence-corrected chi connectivity index (χ3v) is 4.48. The molecule has 2 nitrogen and oxygen atoms in total. The SMILES string of the molecule is COc1ccc(CNC2Cc3ccccc3C2)cc1Br. The van der Waals surface area contributed by atoms with Gasteiger partial charge in [0.25, 0.3) is 0 Å². The van der Waals surface area contributed by atoms with Crippen molar-refractivity contribution in [2.45, 2.75) is 25.4 Å². The Hall–Kier alpha value is -1.32. The Balaban J connectivity index is 1.60. The molecule has 0 atom stereocenters. The van der Waals surface area contributed by atoms with Gasteiger partial charge in [-0.05, 0) is 57.6 Å². The molecule has 1 N–H and O–H groups in total. The van der Waals surface area contributed by atoms with Crippen molar-refractivity contribution in [2.24, 2.45) is 0 Å². The van der Waals surface area contributed by atoms with Crippen LogP contribution in [0.3, 0.4) is 0 Å². The van der Waals surface area contributed by atoms with Gasteiger partial charge in [-0.1, -0.05) is 30.3 Å². The van der Waals surface area contributed by atoms with E-state index in [1.165, 1.54) is 16.7 Å². The fourth-order valence-corrected chi connectivity index (χ4v) is 3.37. The fraction of sp³-hybridized carbons (Fsp3) is 0.294. The first-order valence-electron chi connectivity index (χ1n) is 6.89. The Morgan fingerprint density at radius 3 is 2.45 bits per heavy atom. The third-order valence-electron chi connectivity index (χ3n) is 3.86. The molecule has 0 saturated carbocycles. The van der Waals surface area contributed by atoms with Crippen LogP contribution in [0.15, 0.2) is 46.9 Å². The fourth-order valence-electron chi connectivity index (χ4n) is 2.79. The summed E-state index contributed by atoms with van der Waals surface area (Å²) in [6.45, 7) is 0.890. The van der Waals surface area contributed by atoms with Gasteiger partial charge in [0.1, 0.15) is 5.75 Å². The smallest absolute Gasteiger partial charge is 0.133 e. The molecule has 3 heteroatoms. The van der Waals surface area contributed by atoms with Gasteiger partial charge in [-0.2, -0.15) is 0 Å². The minimum absolute atomic E-state index is 0.549. The lowest BCUT2D eigenvalue weighted by atomic mass is 10.1. The summed E-state index contributed by atoms with van der Waals surface area (Å²) in [5.41, 5.74) is 4.25. The quantitative estimate of drug-likeness (QED) is 0.921. The molecule has 0 spiro atoms. The van der Waals surface area contributed by atoms with E-state index in [9.17, 15) is 0 Å². The van der Waals surface area contributed by atoms with Crippen LogP contribution in [0.1, 0.15) is 16.7 Å². The van der Waals surface area contributed by atoms with E-state index in [2.05, 4.69) is 57.6 Å². The van der Waals surface area contributed by atoms with Crippen LogP contribution in [-0.4, -0.2) is 13.2 Å². The summed E-state index contributed by atoms with van der Waals surface area (Å²) in [6.07, 6.45) is 2.26. The number of benzene rings is 2. The first-order valence-corrected chi connectivity index (χ1v) is 7.68. The zero-order chi connectivity index (χ0) is 13.9. The van der Waals surface area contributed by atoms with Gasteiger partial charge in [-0.25, -0.2) is 0 Å². The maximum absolute atomic E-state index is 5.25. The van der Waals surface area contributed by atoms with Gasteiger partial charge in [-0.15, -0.1) is 0 Å². The van der Waals surface area contributed by atoms with Crippen molar-refractivity contribution in [1.29, 1.82) is 0 Å². The van der Waals surface area contributed by atoms with Gasteiger partial charge >= 0.3 is 0 Å². The molecule has 104 valence electrons. The summed E-state index contributed by atoms with van der Waals surface area (Å²) in [7, 11) is 1.69.